The molecule has 0 bridgehead atoms. The zero-order valence-corrected chi connectivity index (χ0v) is 15.2. The van der Waals surface area contributed by atoms with Gasteiger partial charge in [-0.25, -0.2) is 9.97 Å². The number of anilines is 1. The minimum Gasteiger partial charge on any atom is -0.494 e. The normalized spacial score (nSPS) is 10.9. The molecule has 4 aromatic rings. The van der Waals surface area contributed by atoms with E-state index in [1.165, 1.54) is 6.33 Å². The standard InChI is InChI=1S/C19H18N6O2/c1-11-4-5-15(20-8-11)13-6-14-18(16(7-13)26-3)22-10-23-19(14)21-9-17-24-12(2)27-25-17/h4-8,10H,9H2,1-3H3,(H,21,22,23). The van der Waals surface area contributed by atoms with Crippen molar-refractivity contribution >= 4 is 16.7 Å². The van der Waals surface area contributed by atoms with Crippen molar-refractivity contribution in [2.45, 2.75) is 20.4 Å². The van der Waals surface area contributed by atoms with Crippen molar-refractivity contribution in [1.82, 2.24) is 25.1 Å². The van der Waals surface area contributed by atoms with Gasteiger partial charge in [0.1, 0.15) is 23.4 Å². The Hall–Kier alpha value is -3.55. The molecule has 136 valence electrons. The Morgan fingerprint density at radius 2 is 2.00 bits per heavy atom. The second kappa shape index (κ2) is 6.99. The molecule has 0 radical (unpaired) electrons. The van der Waals surface area contributed by atoms with E-state index >= 15 is 0 Å². The summed E-state index contributed by atoms with van der Waals surface area (Å²) in [6, 6.07) is 7.94. The van der Waals surface area contributed by atoms with E-state index in [1.54, 1.807) is 14.0 Å². The zero-order valence-electron chi connectivity index (χ0n) is 15.2. The van der Waals surface area contributed by atoms with Crippen molar-refractivity contribution in [3.8, 4) is 17.0 Å². The van der Waals surface area contributed by atoms with Crippen LogP contribution in [0.4, 0.5) is 5.82 Å². The predicted molar refractivity (Wildman–Crippen MR) is 100 cm³/mol. The Balaban J connectivity index is 1.77. The van der Waals surface area contributed by atoms with Gasteiger partial charge in [-0.2, -0.15) is 4.98 Å². The number of nitrogens with zero attached hydrogens (tertiary/aromatic N) is 5. The molecule has 3 heterocycles. The van der Waals surface area contributed by atoms with Gasteiger partial charge in [0.05, 0.1) is 19.3 Å². The van der Waals surface area contributed by atoms with Gasteiger partial charge in [0.2, 0.25) is 5.89 Å². The first kappa shape index (κ1) is 16.9. The second-order valence-corrected chi connectivity index (χ2v) is 6.10. The lowest BCUT2D eigenvalue weighted by atomic mass is 10.1. The topological polar surface area (TPSA) is 98.8 Å². The minimum absolute atomic E-state index is 0.388. The summed E-state index contributed by atoms with van der Waals surface area (Å²) < 4.78 is 10.6. The highest BCUT2D eigenvalue weighted by atomic mass is 16.5. The number of aromatic nitrogens is 5. The first-order valence-electron chi connectivity index (χ1n) is 8.43. The van der Waals surface area contributed by atoms with Gasteiger partial charge in [-0.15, -0.1) is 0 Å². The molecular formula is C19H18N6O2. The van der Waals surface area contributed by atoms with Crippen molar-refractivity contribution in [1.29, 1.82) is 0 Å². The molecule has 0 saturated carbocycles. The molecule has 4 rings (SSSR count). The maximum Gasteiger partial charge on any atom is 0.223 e. The van der Waals surface area contributed by atoms with Gasteiger partial charge in [0.15, 0.2) is 5.82 Å². The second-order valence-electron chi connectivity index (χ2n) is 6.10. The molecule has 0 aliphatic heterocycles. The van der Waals surface area contributed by atoms with Gasteiger partial charge < -0.3 is 14.6 Å². The molecular weight excluding hydrogens is 344 g/mol. The number of aryl methyl sites for hydroxylation is 2. The molecule has 0 atom stereocenters. The smallest absolute Gasteiger partial charge is 0.223 e. The van der Waals surface area contributed by atoms with Gasteiger partial charge in [-0.05, 0) is 30.7 Å². The lowest BCUT2D eigenvalue weighted by molar-refractivity contribution is 0.388. The summed E-state index contributed by atoms with van der Waals surface area (Å²) in [7, 11) is 1.62. The van der Waals surface area contributed by atoms with E-state index in [2.05, 4.69) is 30.4 Å². The summed E-state index contributed by atoms with van der Waals surface area (Å²) in [6.07, 6.45) is 3.34. The molecule has 0 amide bonds. The number of benzene rings is 1. The minimum atomic E-state index is 0.388. The number of ether oxygens (including phenoxy) is 1. The molecule has 0 aliphatic carbocycles. The summed E-state index contributed by atoms with van der Waals surface area (Å²) in [5.74, 6) is 2.40. The lowest BCUT2D eigenvalue weighted by Crippen LogP contribution is -2.04. The number of hydrogen-bond donors (Lipinski definition) is 1. The highest BCUT2D eigenvalue weighted by molar-refractivity contribution is 5.96. The van der Waals surface area contributed by atoms with Crippen LogP contribution in [-0.4, -0.2) is 32.2 Å². The molecule has 0 unspecified atom stereocenters. The van der Waals surface area contributed by atoms with Gasteiger partial charge >= 0.3 is 0 Å². The average molecular weight is 362 g/mol. The van der Waals surface area contributed by atoms with E-state index in [0.29, 0.717) is 29.8 Å². The van der Waals surface area contributed by atoms with Gasteiger partial charge in [0, 0.05) is 24.1 Å². The van der Waals surface area contributed by atoms with E-state index < -0.39 is 0 Å². The average Bonchev–Trinajstić information content (AvgIpc) is 3.11. The first-order valence-corrected chi connectivity index (χ1v) is 8.43. The van der Waals surface area contributed by atoms with Crippen LogP contribution in [0.15, 0.2) is 41.3 Å². The quantitative estimate of drug-likeness (QED) is 0.577. The molecule has 0 saturated heterocycles. The molecule has 8 nitrogen and oxygen atoms in total. The summed E-state index contributed by atoms with van der Waals surface area (Å²) in [5, 5.41) is 7.96. The van der Waals surface area contributed by atoms with E-state index in [4.69, 9.17) is 9.26 Å². The Labute approximate surface area is 155 Å². The predicted octanol–water partition coefficient (Wildman–Crippen LogP) is 3.31. The van der Waals surface area contributed by atoms with Crippen LogP contribution in [0.2, 0.25) is 0 Å². The van der Waals surface area contributed by atoms with Crippen LogP contribution in [0, 0.1) is 13.8 Å². The van der Waals surface area contributed by atoms with E-state index in [1.807, 2.05) is 37.4 Å². The largest absolute Gasteiger partial charge is 0.494 e. The van der Waals surface area contributed by atoms with Crippen LogP contribution in [0.3, 0.4) is 0 Å². The van der Waals surface area contributed by atoms with Crippen molar-refractivity contribution in [2.24, 2.45) is 0 Å². The molecule has 0 fully saturated rings. The van der Waals surface area contributed by atoms with Crippen LogP contribution in [0.25, 0.3) is 22.2 Å². The monoisotopic (exact) mass is 362 g/mol. The third-order valence-electron chi connectivity index (χ3n) is 4.11. The van der Waals surface area contributed by atoms with Gasteiger partial charge in [0.25, 0.3) is 0 Å². The van der Waals surface area contributed by atoms with Crippen LogP contribution < -0.4 is 10.1 Å². The van der Waals surface area contributed by atoms with Crippen LogP contribution in [0.5, 0.6) is 5.75 Å². The SMILES string of the molecule is COc1cc(-c2ccc(C)cn2)cc2c(NCc3noc(C)n3)ncnc12. The Morgan fingerprint density at radius 3 is 2.70 bits per heavy atom. The van der Waals surface area contributed by atoms with Crippen molar-refractivity contribution in [3.63, 3.8) is 0 Å². The van der Waals surface area contributed by atoms with Crippen LogP contribution >= 0.6 is 0 Å². The third-order valence-corrected chi connectivity index (χ3v) is 4.11. The number of fused-ring (bicyclic) bond motifs is 1. The Morgan fingerprint density at radius 1 is 1.11 bits per heavy atom. The van der Waals surface area contributed by atoms with Gasteiger partial charge in [-0.3, -0.25) is 4.98 Å². The fraction of sp³-hybridized carbons (Fsp3) is 0.211. The molecule has 1 aromatic carbocycles. The van der Waals surface area contributed by atoms with Crippen molar-refractivity contribution in [2.75, 3.05) is 12.4 Å². The molecule has 0 spiro atoms. The fourth-order valence-electron chi connectivity index (χ4n) is 2.79. The highest BCUT2D eigenvalue weighted by Gasteiger charge is 2.13. The first-order chi connectivity index (χ1) is 13.1. The maximum atomic E-state index is 5.55. The van der Waals surface area contributed by atoms with Crippen LogP contribution in [-0.2, 0) is 6.54 Å². The molecule has 8 heteroatoms. The Bertz CT molecular complexity index is 1090. The van der Waals surface area contributed by atoms with Crippen molar-refractivity contribution in [3.05, 3.63) is 54.1 Å². The Kier molecular flexibility index (Phi) is 4.37. The zero-order chi connectivity index (χ0) is 18.8. The van der Waals surface area contributed by atoms with E-state index in [-0.39, 0.29) is 0 Å². The number of pyridine rings is 1. The number of methoxy groups -OCH3 is 1. The molecule has 27 heavy (non-hydrogen) atoms. The van der Waals surface area contributed by atoms with E-state index in [9.17, 15) is 0 Å². The number of hydrogen-bond acceptors (Lipinski definition) is 8. The van der Waals surface area contributed by atoms with Gasteiger partial charge in [-0.1, -0.05) is 11.2 Å². The summed E-state index contributed by atoms with van der Waals surface area (Å²) >= 11 is 0. The number of nitrogens with one attached hydrogen (secondary N) is 1. The number of rotatable bonds is 5. The third kappa shape index (κ3) is 3.41. The summed E-state index contributed by atoms with van der Waals surface area (Å²) in [4.78, 5) is 17.4. The van der Waals surface area contributed by atoms with E-state index in [0.717, 1.165) is 27.7 Å². The molecule has 1 N–H and O–H groups in total. The van der Waals surface area contributed by atoms with Crippen LogP contribution in [0.1, 0.15) is 17.3 Å². The summed E-state index contributed by atoms with van der Waals surface area (Å²) in [5.41, 5.74) is 3.60. The van der Waals surface area contributed by atoms with Crippen molar-refractivity contribution < 1.29 is 9.26 Å². The fourth-order valence-corrected chi connectivity index (χ4v) is 2.79. The highest BCUT2D eigenvalue weighted by Crippen LogP contribution is 2.33. The molecule has 3 aromatic heterocycles. The maximum absolute atomic E-state index is 5.55. The lowest BCUT2D eigenvalue weighted by Gasteiger charge is -2.12. The summed E-state index contributed by atoms with van der Waals surface area (Å²) in [6.45, 7) is 4.15. The molecule has 0 aliphatic rings.